The summed E-state index contributed by atoms with van der Waals surface area (Å²) in [5.74, 6) is -0.450. The largest absolute Gasteiger partial charge is 0.482 e. The molecule has 6 heteroatoms. The highest BCUT2D eigenvalue weighted by Crippen LogP contribution is 2.16. The van der Waals surface area contributed by atoms with Crippen LogP contribution in [0.2, 0.25) is 0 Å². The molecule has 0 saturated heterocycles. The summed E-state index contributed by atoms with van der Waals surface area (Å²) in [5.41, 5.74) is 1.69. The Balaban J connectivity index is 1.80. The van der Waals surface area contributed by atoms with Gasteiger partial charge in [0.1, 0.15) is 5.75 Å². The Morgan fingerprint density at radius 3 is 2.54 bits per heavy atom. The first-order valence-corrected chi connectivity index (χ1v) is 8.19. The summed E-state index contributed by atoms with van der Waals surface area (Å²) in [7, 11) is 0. The number of esters is 1. The topological polar surface area (TPSA) is 64.6 Å². The Morgan fingerprint density at radius 2 is 1.88 bits per heavy atom. The van der Waals surface area contributed by atoms with Crippen molar-refractivity contribution < 1.29 is 19.1 Å². The lowest BCUT2D eigenvalue weighted by atomic mass is 10.2. The fourth-order valence-corrected chi connectivity index (χ4v) is 2.19. The molecular weight excluding hydrogens is 374 g/mol. The van der Waals surface area contributed by atoms with Gasteiger partial charge in [0.05, 0.1) is 0 Å². The number of carbonyl (C=O) groups is 2. The third-order valence-electron chi connectivity index (χ3n) is 3.13. The fraction of sp³-hybridized carbons (Fsp3) is 0.222. The fourth-order valence-electron chi connectivity index (χ4n) is 1.92. The Bertz CT molecular complexity index is 715. The zero-order chi connectivity index (χ0) is 17.5. The Labute approximate surface area is 149 Å². The molecule has 0 heterocycles. The molecule has 24 heavy (non-hydrogen) atoms. The van der Waals surface area contributed by atoms with E-state index in [9.17, 15) is 9.59 Å². The van der Waals surface area contributed by atoms with E-state index in [0.29, 0.717) is 11.4 Å². The molecule has 0 aromatic heterocycles. The normalized spacial score (nSPS) is 11.5. The minimum atomic E-state index is -0.911. The van der Waals surface area contributed by atoms with Crippen LogP contribution in [-0.2, 0) is 14.3 Å². The van der Waals surface area contributed by atoms with Gasteiger partial charge in [-0.05, 0) is 55.8 Å². The van der Waals surface area contributed by atoms with Crippen molar-refractivity contribution in [1.29, 1.82) is 0 Å². The van der Waals surface area contributed by atoms with Crippen molar-refractivity contribution in [2.45, 2.75) is 20.0 Å². The second-order valence-corrected chi connectivity index (χ2v) is 6.15. The molecule has 0 saturated carbocycles. The van der Waals surface area contributed by atoms with Crippen LogP contribution in [0.15, 0.2) is 53.0 Å². The van der Waals surface area contributed by atoms with Gasteiger partial charge in [-0.25, -0.2) is 4.79 Å². The molecule has 0 bridgehead atoms. The molecule has 0 unspecified atom stereocenters. The number of ether oxygens (including phenoxy) is 2. The molecule has 0 aliphatic carbocycles. The number of amides is 1. The summed E-state index contributed by atoms with van der Waals surface area (Å²) in [6, 6.07) is 14.4. The molecule has 2 rings (SSSR count). The average molecular weight is 392 g/mol. The van der Waals surface area contributed by atoms with Crippen LogP contribution in [0.4, 0.5) is 5.69 Å². The second-order valence-electron chi connectivity index (χ2n) is 5.23. The van der Waals surface area contributed by atoms with Crippen molar-refractivity contribution in [3.8, 4) is 5.75 Å². The predicted molar refractivity (Wildman–Crippen MR) is 95.0 cm³/mol. The summed E-state index contributed by atoms with van der Waals surface area (Å²) in [5, 5.41) is 2.71. The van der Waals surface area contributed by atoms with Gasteiger partial charge >= 0.3 is 5.97 Å². The molecule has 5 nitrogen and oxygen atoms in total. The predicted octanol–water partition coefficient (Wildman–Crippen LogP) is 3.71. The lowest BCUT2D eigenvalue weighted by Gasteiger charge is -2.14. The number of hydrogen-bond donors (Lipinski definition) is 1. The monoisotopic (exact) mass is 391 g/mol. The van der Waals surface area contributed by atoms with Gasteiger partial charge in [-0.2, -0.15) is 0 Å². The van der Waals surface area contributed by atoms with E-state index in [1.807, 2.05) is 25.1 Å². The minimum absolute atomic E-state index is 0.260. The van der Waals surface area contributed by atoms with E-state index in [-0.39, 0.29) is 6.61 Å². The van der Waals surface area contributed by atoms with Crippen molar-refractivity contribution in [1.82, 2.24) is 0 Å². The highest BCUT2D eigenvalue weighted by Gasteiger charge is 2.18. The van der Waals surface area contributed by atoms with Gasteiger partial charge in [0.25, 0.3) is 5.91 Å². The van der Waals surface area contributed by atoms with Gasteiger partial charge in [-0.3, -0.25) is 4.79 Å². The quantitative estimate of drug-likeness (QED) is 0.762. The molecule has 1 amide bonds. The van der Waals surface area contributed by atoms with Gasteiger partial charge in [0, 0.05) is 10.2 Å². The van der Waals surface area contributed by atoms with E-state index in [4.69, 9.17) is 9.47 Å². The molecule has 0 fully saturated rings. The SMILES string of the molecule is Cc1cccc(NC(=O)[C@H](C)OC(=O)COc2ccc(Br)cc2)c1. The van der Waals surface area contributed by atoms with Gasteiger partial charge in [0.15, 0.2) is 12.7 Å². The summed E-state index contributed by atoms with van der Waals surface area (Å²) in [6.45, 7) is 3.19. The number of aryl methyl sites for hydroxylation is 1. The molecule has 2 aromatic rings. The van der Waals surface area contributed by atoms with Crippen LogP contribution in [-0.4, -0.2) is 24.6 Å². The van der Waals surface area contributed by atoms with Crippen molar-refractivity contribution in [3.05, 3.63) is 58.6 Å². The maximum Gasteiger partial charge on any atom is 0.344 e. The molecule has 0 spiro atoms. The molecule has 0 aliphatic rings. The molecule has 1 N–H and O–H groups in total. The van der Waals surface area contributed by atoms with E-state index < -0.39 is 18.0 Å². The minimum Gasteiger partial charge on any atom is -0.482 e. The molecule has 2 aromatic carbocycles. The van der Waals surface area contributed by atoms with Crippen molar-refractivity contribution in [2.75, 3.05) is 11.9 Å². The van der Waals surface area contributed by atoms with Crippen molar-refractivity contribution >= 4 is 33.5 Å². The number of hydrogen-bond acceptors (Lipinski definition) is 4. The van der Waals surface area contributed by atoms with E-state index in [1.54, 1.807) is 30.3 Å². The van der Waals surface area contributed by atoms with Crippen LogP contribution < -0.4 is 10.1 Å². The first-order valence-electron chi connectivity index (χ1n) is 7.39. The maximum absolute atomic E-state index is 12.0. The number of rotatable bonds is 6. The van der Waals surface area contributed by atoms with Gasteiger partial charge < -0.3 is 14.8 Å². The van der Waals surface area contributed by atoms with Crippen molar-refractivity contribution in [3.63, 3.8) is 0 Å². The first-order chi connectivity index (χ1) is 11.4. The maximum atomic E-state index is 12.0. The van der Waals surface area contributed by atoms with Crippen LogP contribution in [0.3, 0.4) is 0 Å². The zero-order valence-corrected chi connectivity index (χ0v) is 15.0. The first kappa shape index (κ1) is 18.0. The van der Waals surface area contributed by atoms with Crippen molar-refractivity contribution in [2.24, 2.45) is 0 Å². The average Bonchev–Trinajstić information content (AvgIpc) is 2.54. The van der Waals surface area contributed by atoms with Gasteiger partial charge in [-0.1, -0.05) is 28.1 Å². The summed E-state index contributed by atoms with van der Waals surface area (Å²) in [4.78, 5) is 23.8. The van der Waals surface area contributed by atoms with Crippen LogP contribution in [0, 0.1) is 6.92 Å². The number of halogens is 1. The Morgan fingerprint density at radius 1 is 1.17 bits per heavy atom. The number of carbonyl (C=O) groups excluding carboxylic acids is 2. The standard InChI is InChI=1S/C18H18BrNO4/c1-12-4-3-5-15(10-12)20-18(22)13(2)24-17(21)11-23-16-8-6-14(19)7-9-16/h3-10,13H,11H2,1-2H3,(H,20,22)/t13-/m0/s1. The lowest BCUT2D eigenvalue weighted by Crippen LogP contribution is -2.31. The molecule has 0 radical (unpaired) electrons. The van der Waals surface area contributed by atoms with E-state index in [0.717, 1.165) is 10.0 Å². The van der Waals surface area contributed by atoms with Crippen LogP contribution in [0.1, 0.15) is 12.5 Å². The molecule has 126 valence electrons. The Kier molecular flexibility index (Phi) is 6.37. The second kappa shape index (κ2) is 8.49. The van der Waals surface area contributed by atoms with E-state index in [1.165, 1.54) is 6.92 Å². The number of nitrogens with one attached hydrogen (secondary N) is 1. The smallest absolute Gasteiger partial charge is 0.344 e. The van der Waals surface area contributed by atoms with Gasteiger partial charge in [0.2, 0.25) is 0 Å². The van der Waals surface area contributed by atoms with E-state index >= 15 is 0 Å². The van der Waals surface area contributed by atoms with Crippen LogP contribution in [0.5, 0.6) is 5.75 Å². The third kappa shape index (κ3) is 5.70. The lowest BCUT2D eigenvalue weighted by molar-refractivity contribution is -0.155. The molecular formula is C18H18BrNO4. The summed E-state index contributed by atoms with van der Waals surface area (Å²) >= 11 is 3.31. The summed E-state index contributed by atoms with van der Waals surface area (Å²) in [6.07, 6.45) is -0.911. The zero-order valence-electron chi connectivity index (χ0n) is 13.4. The molecule has 1 atom stereocenters. The summed E-state index contributed by atoms with van der Waals surface area (Å²) < 4.78 is 11.3. The van der Waals surface area contributed by atoms with Gasteiger partial charge in [-0.15, -0.1) is 0 Å². The van der Waals surface area contributed by atoms with Crippen LogP contribution in [0.25, 0.3) is 0 Å². The molecule has 0 aliphatic heterocycles. The number of benzene rings is 2. The highest BCUT2D eigenvalue weighted by atomic mass is 79.9. The van der Waals surface area contributed by atoms with E-state index in [2.05, 4.69) is 21.2 Å². The number of anilines is 1. The third-order valence-corrected chi connectivity index (χ3v) is 3.66. The van der Waals surface area contributed by atoms with Crippen LogP contribution >= 0.6 is 15.9 Å². The highest BCUT2D eigenvalue weighted by molar-refractivity contribution is 9.10. The Hall–Kier alpha value is -2.34.